The molecule has 446 valence electrons. The number of benzene rings is 15. The van der Waals surface area contributed by atoms with E-state index in [-0.39, 0.29) is 6.71 Å². The van der Waals surface area contributed by atoms with Crippen LogP contribution in [0.3, 0.4) is 0 Å². The molecule has 17 rings (SSSR count). The van der Waals surface area contributed by atoms with Crippen molar-refractivity contribution in [3.8, 4) is 44.5 Å². The lowest BCUT2D eigenvalue weighted by Crippen LogP contribution is -2.75. The van der Waals surface area contributed by atoms with E-state index in [0.29, 0.717) is 0 Å². The van der Waals surface area contributed by atoms with Crippen molar-refractivity contribution < 1.29 is 0 Å². The Morgan fingerprint density at radius 3 is 0.758 bits per heavy atom. The van der Waals surface area contributed by atoms with Gasteiger partial charge in [0.25, 0.3) is 6.71 Å². The molecule has 0 bridgehead atoms. The van der Waals surface area contributed by atoms with Crippen LogP contribution < -0.4 is 67.7 Å². The quantitative estimate of drug-likeness (QED) is 0.0791. The van der Waals surface area contributed by atoms with Crippen LogP contribution in [0, 0.1) is 0 Å². The molecule has 15 aromatic rings. The third kappa shape index (κ3) is 9.53. The van der Waals surface area contributed by atoms with Crippen LogP contribution in [0.15, 0.2) is 394 Å². The van der Waals surface area contributed by atoms with Crippen molar-refractivity contribution in [3.05, 3.63) is 394 Å². The highest BCUT2D eigenvalue weighted by atomic mass is 28.3. The summed E-state index contributed by atoms with van der Waals surface area (Å²) in [5, 5.41) is 10.6. The minimum atomic E-state index is -3.18. The van der Waals surface area contributed by atoms with E-state index in [1.54, 1.807) is 0 Å². The lowest BCUT2D eigenvalue weighted by atomic mass is 9.33. The summed E-state index contributed by atoms with van der Waals surface area (Å²) in [5.41, 5.74) is 20.2. The van der Waals surface area contributed by atoms with Crippen LogP contribution in [-0.4, -0.2) is 22.9 Å². The lowest BCUT2D eigenvalue weighted by Gasteiger charge is -2.46. The molecular weight excluding hydrogens is 1180 g/mol. The maximum absolute atomic E-state index is 3.18. The van der Waals surface area contributed by atoms with Crippen molar-refractivity contribution >= 4 is 115 Å². The topological polar surface area (TPSA) is 6.48 Å². The molecule has 0 amide bonds. The van der Waals surface area contributed by atoms with Gasteiger partial charge in [-0.15, -0.1) is 0 Å². The molecule has 0 saturated carbocycles. The monoisotopic (exact) mass is 1240 g/mol. The van der Waals surface area contributed by atoms with Gasteiger partial charge in [0.15, 0.2) is 16.1 Å². The number of fused-ring (bicyclic) bond motifs is 4. The molecule has 2 aliphatic rings. The second-order valence-electron chi connectivity index (χ2n) is 24.9. The number of hydrogen-bond donors (Lipinski definition) is 0. The van der Waals surface area contributed by atoms with Crippen LogP contribution in [0.2, 0.25) is 0 Å². The molecule has 15 aromatic carbocycles. The summed E-state index contributed by atoms with van der Waals surface area (Å²) < 4.78 is 0. The summed E-state index contributed by atoms with van der Waals surface area (Å²) >= 11 is 0. The minimum Gasteiger partial charge on any atom is -0.312 e. The van der Waals surface area contributed by atoms with Gasteiger partial charge in [-0.1, -0.05) is 358 Å². The summed E-state index contributed by atoms with van der Waals surface area (Å²) in [6.07, 6.45) is 0. The smallest absolute Gasteiger partial charge is 0.252 e. The highest BCUT2D eigenvalue weighted by Gasteiger charge is 2.50. The van der Waals surface area contributed by atoms with E-state index >= 15 is 0 Å². The van der Waals surface area contributed by atoms with E-state index in [1.807, 2.05) is 0 Å². The average molecular weight is 1240 g/mol. The first-order valence-electron chi connectivity index (χ1n) is 33.0. The Labute approximate surface area is 559 Å². The number of hydrogen-bond acceptors (Lipinski definition) is 2. The summed E-state index contributed by atoms with van der Waals surface area (Å²) in [4.78, 5) is 5.34. The second-order valence-corrected chi connectivity index (χ2v) is 32.5. The normalized spacial score (nSPS) is 12.4. The van der Waals surface area contributed by atoms with Gasteiger partial charge in [-0.2, -0.15) is 0 Å². The summed E-state index contributed by atoms with van der Waals surface area (Å²) in [5.74, 6) is 0. The number of anilines is 6. The predicted molar refractivity (Wildman–Crippen MR) is 409 cm³/mol. The first kappa shape index (κ1) is 57.3. The molecule has 0 fully saturated rings. The Kier molecular flexibility index (Phi) is 14.8. The Morgan fingerprint density at radius 2 is 0.442 bits per heavy atom. The van der Waals surface area contributed by atoms with Crippen LogP contribution in [0.1, 0.15) is 0 Å². The third-order valence-corrected chi connectivity index (χ3v) is 29.6. The fraction of sp³-hybridized carbons (Fsp3) is 0. The zero-order valence-electron chi connectivity index (χ0n) is 52.5. The molecule has 0 atom stereocenters. The van der Waals surface area contributed by atoms with Crippen LogP contribution in [0.4, 0.5) is 34.1 Å². The molecule has 0 aliphatic carbocycles. The largest absolute Gasteiger partial charge is 0.312 e. The van der Waals surface area contributed by atoms with Gasteiger partial charge in [0.1, 0.15) is 0 Å². The van der Waals surface area contributed by atoms with Crippen molar-refractivity contribution in [2.75, 3.05) is 9.80 Å². The van der Waals surface area contributed by atoms with Gasteiger partial charge < -0.3 is 9.80 Å². The molecule has 0 spiro atoms. The van der Waals surface area contributed by atoms with Crippen molar-refractivity contribution in [1.29, 1.82) is 0 Å². The molecule has 0 saturated heterocycles. The standard InChI is InChI=1S/C90H65BN2Si2/c1-9-34-66(35-10-1)76-50-25-27-52-78(76)68-60-62-82-80(64-68)91-81-65-69(79-53-28-26-51-77(79)67-36-11-2-12-37-67)61-63-83(81)93(85-55-30-32-59-89(85)95(73-44-19-6-20-45-73,74-46-21-7-22-47-74)75-48-23-8-24-49-75)87-57-33-56-86(90(87)91)92(82)84-54-29-31-58-88(84)94(70-38-13-3-14-39-70,71-40-15-4-16-41-71)72-42-17-5-18-43-72/h1-65H. The van der Waals surface area contributed by atoms with Gasteiger partial charge in [0.2, 0.25) is 0 Å². The van der Waals surface area contributed by atoms with Crippen LogP contribution in [0.5, 0.6) is 0 Å². The fourth-order valence-electron chi connectivity index (χ4n) is 16.0. The zero-order valence-corrected chi connectivity index (χ0v) is 54.5. The van der Waals surface area contributed by atoms with Crippen LogP contribution in [0.25, 0.3) is 44.5 Å². The first-order valence-corrected chi connectivity index (χ1v) is 37.0. The lowest BCUT2D eigenvalue weighted by molar-refractivity contribution is 1.26. The molecule has 2 aliphatic heterocycles. The number of para-hydroxylation sites is 2. The van der Waals surface area contributed by atoms with Crippen molar-refractivity contribution in [2.45, 2.75) is 0 Å². The Hall–Kier alpha value is -11.6. The Balaban J connectivity index is 1.00. The van der Waals surface area contributed by atoms with Gasteiger partial charge in [0, 0.05) is 34.1 Å². The van der Waals surface area contributed by atoms with E-state index in [9.17, 15) is 0 Å². The van der Waals surface area contributed by atoms with Gasteiger partial charge in [-0.3, -0.25) is 0 Å². The molecule has 2 nitrogen and oxygen atoms in total. The molecule has 0 radical (unpaired) electrons. The molecule has 0 unspecified atom stereocenters. The van der Waals surface area contributed by atoms with Gasteiger partial charge >= 0.3 is 0 Å². The second kappa shape index (κ2) is 24.5. The summed E-state index contributed by atoms with van der Waals surface area (Å²) in [7, 11) is -6.36. The minimum absolute atomic E-state index is 0.218. The molecular formula is C90H65BN2Si2. The molecule has 5 heteroatoms. The van der Waals surface area contributed by atoms with E-state index in [1.165, 1.54) is 102 Å². The van der Waals surface area contributed by atoms with Crippen molar-refractivity contribution in [3.63, 3.8) is 0 Å². The van der Waals surface area contributed by atoms with Gasteiger partial charge in [0.05, 0.1) is 0 Å². The molecule has 95 heavy (non-hydrogen) atoms. The van der Waals surface area contributed by atoms with E-state index in [2.05, 4.69) is 404 Å². The van der Waals surface area contributed by atoms with E-state index in [0.717, 1.165) is 34.1 Å². The summed E-state index contributed by atoms with van der Waals surface area (Å²) in [6.45, 7) is -0.218. The number of rotatable bonds is 14. The van der Waals surface area contributed by atoms with Crippen LogP contribution in [-0.2, 0) is 0 Å². The molecule has 0 aromatic heterocycles. The van der Waals surface area contributed by atoms with E-state index < -0.39 is 16.1 Å². The molecule has 0 N–H and O–H groups in total. The van der Waals surface area contributed by atoms with Crippen molar-refractivity contribution in [2.24, 2.45) is 0 Å². The maximum atomic E-state index is 2.67. The SMILES string of the molecule is c1ccc(-c2ccccc2-c2ccc3c(c2)B2c4cc(-c5ccccc5-c5ccccc5)ccc4N(c4ccccc4[Si](c4ccccc4)(c4ccccc4)c4ccccc4)c4cccc(c42)N3c2ccccc2[Si](c2ccccc2)(c2ccccc2)c2ccccc2)cc1. The first-order chi connectivity index (χ1) is 47.2. The zero-order chi connectivity index (χ0) is 63.1. The highest BCUT2D eigenvalue weighted by Crippen LogP contribution is 2.46. The highest BCUT2D eigenvalue weighted by molar-refractivity contribution is 7.21. The number of nitrogens with zero attached hydrogens (tertiary/aromatic N) is 2. The van der Waals surface area contributed by atoms with E-state index in [4.69, 9.17) is 0 Å². The summed E-state index contributed by atoms with van der Waals surface area (Å²) in [6, 6.07) is 149. The fourth-order valence-corrected chi connectivity index (χ4v) is 25.9. The predicted octanol–water partition coefficient (Wildman–Crippen LogP) is 15.2. The maximum Gasteiger partial charge on any atom is 0.252 e. The van der Waals surface area contributed by atoms with Crippen LogP contribution >= 0.6 is 0 Å². The van der Waals surface area contributed by atoms with Gasteiger partial charge in [-0.05, 0) is 139 Å². The Bertz CT molecular complexity index is 4730. The Morgan fingerprint density at radius 1 is 0.189 bits per heavy atom. The van der Waals surface area contributed by atoms with Gasteiger partial charge in [-0.25, -0.2) is 0 Å². The third-order valence-electron chi connectivity index (χ3n) is 20.0. The average Bonchev–Trinajstić information content (AvgIpc) is 0.693. The molecule has 2 heterocycles. The van der Waals surface area contributed by atoms with Crippen molar-refractivity contribution in [1.82, 2.24) is 0 Å².